The largest absolute Gasteiger partial charge is 0.330 e. The van der Waals surface area contributed by atoms with Gasteiger partial charge in [-0.3, -0.25) is 0 Å². The predicted molar refractivity (Wildman–Crippen MR) is 52.7 cm³/mol. The summed E-state index contributed by atoms with van der Waals surface area (Å²) in [5.74, 6) is 0.695. The van der Waals surface area contributed by atoms with Crippen molar-refractivity contribution >= 4 is 0 Å². The van der Waals surface area contributed by atoms with Gasteiger partial charge in [0, 0.05) is 12.5 Å². The second-order valence-corrected chi connectivity index (χ2v) is 3.59. The first kappa shape index (κ1) is 11.1. The van der Waals surface area contributed by atoms with Crippen LogP contribution in [0.1, 0.15) is 32.1 Å². The highest BCUT2D eigenvalue weighted by molar-refractivity contribution is 4.89. The van der Waals surface area contributed by atoms with E-state index in [1.165, 1.54) is 6.33 Å². The normalized spacial score (nSPS) is 13.5. The molecule has 2 N–H and O–H groups in total. The molecule has 0 radical (unpaired) electrons. The zero-order valence-corrected chi connectivity index (χ0v) is 8.65. The van der Waals surface area contributed by atoms with E-state index in [9.17, 15) is 4.39 Å². The van der Waals surface area contributed by atoms with Crippen molar-refractivity contribution < 1.29 is 4.39 Å². The summed E-state index contributed by atoms with van der Waals surface area (Å²) in [6.45, 7) is 4.36. The monoisotopic (exact) mass is 200 g/mol. The fraction of sp³-hybridized carbons (Fsp3) is 0.778. The van der Waals surface area contributed by atoms with Gasteiger partial charge in [0.15, 0.2) is 0 Å². The van der Waals surface area contributed by atoms with Gasteiger partial charge in [-0.2, -0.15) is 5.10 Å². The van der Waals surface area contributed by atoms with E-state index in [0.29, 0.717) is 25.2 Å². The fourth-order valence-corrected chi connectivity index (χ4v) is 1.33. The third-order valence-corrected chi connectivity index (χ3v) is 2.02. The van der Waals surface area contributed by atoms with E-state index < -0.39 is 6.17 Å². The van der Waals surface area contributed by atoms with Crippen LogP contribution in [0.4, 0.5) is 4.39 Å². The molecule has 0 saturated heterocycles. The number of nitrogens with zero attached hydrogens (tertiary/aromatic N) is 3. The van der Waals surface area contributed by atoms with E-state index >= 15 is 0 Å². The molecular weight excluding hydrogens is 183 g/mol. The van der Waals surface area contributed by atoms with Gasteiger partial charge in [0.25, 0.3) is 0 Å². The van der Waals surface area contributed by atoms with Gasteiger partial charge in [-0.25, -0.2) is 14.1 Å². The summed E-state index contributed by atoms with van der Waals surface area (Å²) in [7, 11) is 0. The molecule has 0 bridgehead atoms. The number of hydrogen-bond acceptors (Lipinski definition) is 3. The van der Waals surface area contributed by atoms with E-state index in [2.05, 4.69) is 10.1 Å². The van der Waals surface area contributed by atoms with Crippen LogP contribution in [-0.4, -0.2) is 27.5 Å². The molecule has 0 fully saturated rings. The minimum Gasteiger partial charge on any atom is -0.330 e. The Balaban J connectivity index is 2.61. The van der Waals surface area contributed by atoms with Crippen LogP contribution in [0.5, 0.6) is 0 Å². The van der Waals surface area contributed by atoms with Crippen LogP contribution in [0.15, 0.2) is 6.33 Å². The van der Waals surface area contributed by atoms with Crippen LogP contribution in [0.25, 0.3) is 0 Å². The van der Waals surface area contributed by atoms with E-state index in [-0.39, 0.29) is 6.04 Å². The highest BCUT2D eigenvalue weighted by atomic mass is 19.1. The summed E-state index contributed by atoms with van der Waals surface area (Å²) in [6.07, 6.45) is 1.23. The third kappa shape index (κ3) is 2.77. The molecule has 0 aliphatic heterocycles. The maximum Gasteiger partial charge on any atom is 0.138 e. The van der Waals surface area contributed by atoms with Crippen molar-refractivity contribution in [1.82, 2.24) is 14.8 Å². The maximum atomic E-state index is 13.2. The van der Waals surface area contributed by atoms with E-state index in [1.807, 2.05) is 13.8 Å². The van der Waals surface area contributed by atoms with Gasteiger partial charge in [-0.1, -0.05) is 0 Å². The Morgan fingerprint density at radius 2 is 2.29 bits per heavy atom. The summed E-state index contributed by atoms with van der Waals surface area (Å²) < 4.78 is 15.0. The molecule has 1 atom stereocenters. The van der Waals surface area contributed by atoms with Gasteiger partial charge in [-0.05, 0) is 26.8 Å². The van der Waals surface area contributed by atoms with Crippen LogP contribution < -0.4 is 5.73 Å². The van der Waals surface area contributed by atoms with Gasteiger partial charge in [0.2, 0.25) is 0 Å². The lowest BCUT2D eigenvalue weighted by atomic mass is 10.2. The Morgan fingerprint density at radius 3 is 2.86 bits per heavy atom. The fourth-order valence-electron chi connectivity index (χ4n) is 1.33. The smallest absolute Gasteiger partial charge is 0.138 e. The first-order valence-electron chi connectivity index (χ1n) is 4.87. The number of rotatable bonds is 5. The van der Waals surface area contributed by atoms with Gasteiger partial charge in [-0.15, -0.1) is 0 Å². The van der Waals surface area contributed by atoms with E-state index in [4.69, 9.17) is 5.73 Å². The first-order valence-corrected chi connectivity index (χ1v) is 4.87. The second-order valence-electron chi connectivity index (χ2n) is 3.59. The summed E-state index contributed by atoms with van der Waals surface area (Å²) in [6, 6.07) is 0.220. The number of aromatic nitrogens is 3. The summed E-state index contributed by atoms with van der Waals surface area (Å²) in [5.41, 5.74) is 5.27. The molecule has 0 spiro atoms. The Hall–Kier alpha value is -0.970. The van der Waals surface area contributed by atoms with Gasteiger partial charge in [0.1, 0.15) is 18.3 Å². The topological polar surface area (TPSA) is 56.7 Å². The Morgan fingerprint density at radius 1 is 1.57 bits per heavy atom. The van der Waals surface area contributed by atoms with E-state index in [1.54, 1.807) is 4.68 Å². The average Bonchev–Trinajstić information content (AvgIpc) is 2.52. The van der Waals surface area contributed by atoms with Crippen LogP contribution in [0.2, 0.25) is 0 Å². The lowest BCUT2D eigenvalue weighted by Gasteiger charge is -2.10. The van der Waals surface area contributed by atoms with Gasteiger partial charge >= 0.3 is 0 Å². The molecule has 1 aromatic heterocycles. The van der Waals surface area contributed by atoms with Crippen molar-refractivity contribution in [3.8, 4) is 0 Å². The molecular formula is C9H17FN4. The molecule has 0 aliphatic carbocycles. The highest BCUT2D eigenvalue weighted by Crippen LogP contribution is 2.10. The molecule has 1 aromatic rings. The van der Waals surface area contributed by atoms with E-state index in [0.717, 1.165) is 0 Å². The van der Waals surface area contributed by atoms with Crippen molar-refractivity contribution in [2.24, 2.45) is 5.73 Å². The van der Waals surface area contributed by atoms with Crippen molar-refractivity contribution in [2.45, 2.75) is 38.9 Å². The van der Waals surface area contributed by atoms with Crippen molar-refractivity contribution in [3.05, 3.63) is 12.2 Å². The first-order chi connectivity index (χ1) is 6.65. The zero-order chi connectivity index (χ0) is 10.6. The summed E-state index contributed by atoms with van der Waals surface area (Å²) in [5, 5.41) is 4.04. The molecule has 5 heteroatoms. The molecule has 1 rings (SSSR count). The predicted octanol–water partition coefficient (Wildman–Crippen LogP) is 1.09. The van der Waals surface area contributed by atoms with Crippen LogP contribution >= 0.6 is 0 Å². The van der Waals surface area contributed by atoms with Crippen molar-refractivity contribution in [3.63, 3.8) is 0 Å². The Bertz CT molecular complexity index is 272. The lowest BCUT2D eigenvalue weighted by molar-refractivity contribution is 0.305. The number of alkyl halides is 1. The molecule has 4 nitrogen and oxygen atoms in total. The molecule has 1 heterocycles. The van der Waals surface area contributed by atoms with Crippen LogP contribution in [0.3, 0.4) is 0 Å². The Kier molecular flexibility index (Phi) is 4.00. The van der Waals surface area contributed by atoms with Crippen molar-refractivity contribution in [2.75, 3.05) is 6.54 Å². The SMILES string of the molecule is CC(C)n1ncnc1CC(F)CCN. The molecule has 14 heavy (non-hydrogen) atoms. The number of hydrogen-bond donors (Lipinski definition) is 1. The lowest BCUT2D eigenvalue weighted by Crippen LogP contribution is -2.16. The zero-order valence-electron chi connectivity index (χ0n) is 8.65. The number of halogens is 1. The summed E-state index contributed by atoms with van der Waals surface area (Å²) in [4.78, 5) is 4.03. The molecule has 0 amide bonds. The molecule has 0 saturated carbocycles. The minimum absolute atomic E-state index is 0.220. The van der Waals surface area contributed by atoms with Crippen molar-refractivity contribution in [1.29, 1.82) is 0 Å². The number of nitrogens with two attached hydrogens (primary N) is 1. The second kappa shape index (κ2) is 5.05. The van der Waals surface area contributed by atoms with Crippen LogP contribution in [-0.2, 0) is 6.42 Å². The summed E-state index contributed by atoms with van der Waals surface area (Å²) >= 11 is 0. The molecule has 1 unspecified atom stereocenters. The van der Waals surface area contributed by atoms with Gasteiger partial charge in [0.05, 0.1) is 0 Å². The minimum atomic E-state index is -0.915. The van der Waals surface area contributed by atoms with Gasteiger partial charge < -0.3 is 5.73 Å². The Labute approximate surface area is 83.3 Å². The highest BCUT2D eigenvalue weighted by Gasteiger charge is 2.13. The maximum absolute atomic E-state index is 13.2. The molecule has 80 valence electrons. The standard InChI is InChI=1S/C9H17FN4/c1-7(2)14-9(12-6-13-14)5-8(10)3-4-11/h6-8H,3-5,11H2,1-2H3. The molecule has 0 aliphatic rings. The third-order valence-electron chi connectivity index (χ3n) is 2.02. The quantitative estimate of drug-likeness (QED) is 0.774. The average molecular weight is 200 g/mol. The molecule has 0 aromatic carbocycles. The van der Waals surface area contributed by atoms with Crippen LogP contribution in [0, 0.1) is 0 Å².